The lowest BCUT2D eigenvalue weighted by Gasteiger charge is -2.05. The first kappa shape index (κ1) is 11.5. The summed E-state index contributed by atoms with van der Waals surface area (Å²) in [6, 6.07) is 2.22. The third kappa shape index (κ3) is 2.28. The summed E-state index contributed by atoms with van der Waals surface area (Å²) < 4.78 is 1.74. The second-order valence-corrected chi connectivity index (χ2v) is 4.18. The second kappa shape index (κ2) is 4.81. The molecule has 0 aliphatic heterocycles. The van der Waals surface area contributed by atoms with Gasteiger partial charge in [0.25, 0.3) is 0 Å². The lowest BCUT2D eigenvalue weighted by molar-refractivity contribution is 0.651. The van der Waals surface area contributed by atoms with Gasteiger partial charge in [0.1, 0.15) is 0 Å². The number of alkyl halides is 1. The van der Waals surface area contributed by atoms with Crippen LogP contribution in [0.2, 0.25) is 5.02 Å². The molecule has 76 valence electrons. The maximum atomic E-state index is 8.82. The summed E-state index contributed by atoms with van der Waals surface area (Å²) in [5.74, 6) is -0.0534. The minimum Gasteiger partial charge on any atom is -0.271 e. The summed E-state index contributed by atoms with van der Waals surface area (Å²) in [7, 11) is 1.84. The minimum atomic E-state index is -0.0534. The summed E-state index contributed by atoms with van der Waals surface area (Å²) in [5.41, 5.74) is 1.74. The standard InChI is InChI=1S/C9H11BrClN3/c1-6-9(11)8(14(2)13-6)3-7(4-10)5-12/h7H,3-4H2,1-2H3. The molecular weight excluding hydrogens is 265 g/mol. The first-order valence-electron chi connectivity index (χ1n) is 4.23. The van der Waals surface area contributed by atoms with Crippen molar-refractivity contribution < 1.29 is 0 Å². The molecule has 3 nitrogen and oxygen atoms in total. The molecule has 0 aromatic carbocycles. The molecule has 0 aliphatic carbocycles. The van der Waals surface area contributed by atoms with Gasteiger partial charge in [0.15, 0.2) is 0 Å². The van der Waals surface area contributed by atoms with Crippen molar-refractivity contribution in [3.63, 3.8) is 0 Å². The van der Waals surface area contributed by atoms with Gasteiger partial charge in [-0.3, -0.25) is 4.68 Å². The summed E-state index contributed by atoms with van der Waals surface area (Å²) in [6.07, 6.45) is 0.637. The topological polar surface area (TPSA) is 41.6 Å². The van der Waals surface area contributed by atoms with E-state index >= 15 is 0 Å². The Bertz CT molecular complexity index is 367. The van der Waals surface area contributed by atoms with Gasteiger partial charge in [-0.05, 0) is 6.92 Å². The van der Waals surface area contributed by atoms with E-state index in [4.69, 9.17) is 16.9 Å². The van der Waals surface area contributed by atoms with Gasteiger partial charge in [-0.2, -0.15) is 10.4 Å². The number of aromatic nitrogens is 2. The summed E-state index contributed by atoms with van der Waals surface area (Å²) >= 11 is 9.36. The normalized spacial score (nSPS) is 12.5. The Labute approximate surface area is 96.8 Å². The van der Waals surface area contributed by atoms with Gasteiger partial charge in [0.2, 0.25) is 0 Å². The Hall–Kier alpha value is -0.530. The first-order valence-corrected chi connectivity index (χ1v) is 5.73. The Kier molecular flexibility index (Phi) is 3.97. The highest BCUT2D eigenvalue weighted by molar-refractivity contribution is 9.09. The number of nitrogens with zero attached hydrogens (tertiary/aromatic N) is 3. The van der Waals surface area contributed by atoms with Gasteiger partial charge >= 0.3 is 0 Å². The van der Waals surface area contributed by atoms with E-state index in [9.17, 15) is 0 Å². The molecule has 0 spiro atoms. The lowest BCUT2D eigenvalue weighted by Crippen LogP contribution is -2.08. The van der Waals surface area contributed by atoms with Gasteiger partial charge in [-0.1, -0.05) is 27.5 Å². The zero-order valence-corrected chi connectivity index (χ0v) is 10.4. The van der Waals surface area contributed by atoms with E-state index in [1.807, 2.05) is 14.0 Å². The fraction of sp³-hybridized carbons (Fsp3) is 0.556. The van der Waals surface area contributed by atoms with Crippen LogP contribution in [0, 0.1) is 24.2 Å². The number of aryl methyl sites for hydroxylation is 2. The van der Waals surface area contributed by atoms with Gasteiger partial charge in [0.05, 0.1) is 28.4 Å². The van der Waals surface area contributed by atoms with Gasteiger partial charge in [-0.25, -0.2) is 0 Å². The fourth-order valence-corrected chi connectivity index (χ4v) is 1.88. The van der Waals surface area contributed by atoms with Gasteiger partial charge < -0.3 is 0 Å². The molecule has 0 fully saturated rings. The monoisotopic (exact) mass is 275 g/mol. The highest BCUT2D eigenvalue weighted by Crippen LogP contribution is 2.22. The van der Waals surface area contributed by atoms with E-state index in [0.29, 0.717) is 16.8 Å². The maximum Gasteiger partial charge on any atom is 0.0847 e. The molecule has 1 aromatic rings. The average molecular weight is 277 g/mol. The van der Waals surface area contributed by atoms with E-state index in [0.717, 1.165) is 11.4 Å². The molecular formula is C9H11BrClN3. The molecule has 0 aliphatic rings. The zero-order chi connectivity index (χ0) is 10.7. The molecule has 0 amide bonds. The van der Waals surface area contributed by atoms with Crippen molar-refractivity contribution in [3.8, 4) is 6.07 Å². The third-order valence-electron chi connectivity index (χ3n) is 2.07. The van der Waals surface area contributed by atoms with Crippen molar-refractivity contribution in [2.24, 2.45) is 13.0 Å². The van der Waals surface area contributed by atoms with Crippen LogP contribution < -0.4 is 0 Å². The number of hydrogen-bond donors (Lipinski definition) is 0. The molecule has 0 radical (unpaired) electrons. The largest absolute Gasteiger partial charge is 0.271 e. The maximum absolute atomic E-state index is 8.82. The third-order valence-corrected chi connectivity index (χ3v) is 3.34. The molecule has 5 heteroatoms. The molecule has 0 saturated heterocycles. The Morgan fingerprint density at radius 3 is 2.71 bits per heavy atom. The van der Waals surface area contributed by atoms with Crippen LogP contribution in [0.1, 0.15) is 11.4 Å². The van der Waals surface area contributed by atoms with Crippen LogP contribution >= 0.6 is 27.5 Å². The SMILES string of the molecule is Cc1nn(C)c(CC(C#N)CBr)c1Cl. The van der Waals surface area contributed by atoms with E-state index in [2.05, 4.69) is 27.1 Å². The van der Waals surface area contributed by atoms with E-state index in [1.54, 1.807) is 4.68 Å². The smallest absolute Gasteiger partial charge is 0.0847 e. The minimum absolute atomic E-state index is 0.0534. The van der Waals surface area contributed by atoms with Crippen LogP contribution in [0.3, 0.4) is 0 Å². The average Bonchev–Trinajstić information content (AvgIpc) is 2.40. The number of halogens is 2. The molecule has 1 atom stereocenters. The molecule has 1 rings (SSSR count). The highest BCUT2D eigenvalue weighted by Gasteiger charge is 2.15. The van der Waals surface area contributed by atoms with E-state index in [-0.39, 0.29) is 5.92 Å². The van der Waals surface area contributed by atoms with Gasteiger partial charge in [0, 0.05) is 18.8 Å². The molecule has 1 unspecified atom stereocenters. The molecule has 0 N–H and O–H groups in total. The van der Waals surface area contributed by atoms with Crippen LogP contribution in [0.25, 0.3) is 0 Å². The van der Waals surface area contributed by atoms with Crippen molar-refractivity contribution in [1.82, 2.24) is 9.78 Å². The predicted octanol–water partition coefficient (Wildman–Crippen LogP) is 2.46. The van der Waals surface area contributed by atoms with Crippen LogP contribution in [0.5, 0.6) is 0 Å². The van der Waals surface area contributed by atoms with Crippen molar-refractivity contribution in [1.29, 1.82) is 5.26 Å². The number of nitriles is 1. The summed E-state index contributed by atoms with van der Waals surface area (Å²) in [4.78, 5) is 0. The predicted molar refractivity (Wildman–Crippen MR) is 59.6 cm³/mol. The van der Waals surface area contributed by atoms with Crippen molar-refractivity contribution >= 4 is 27.5 Å². The Morgan fingerprint density at radius 2 is 2.36 bits per heavy atom. The van der Waals surface area contributed by atoms with Crippen LogP contribution in [-0.2, 0) is 13.5 Å². The van der Waals surface area contributed by atoms with Crippen LogP contribution in [-0.4, -0.2) is 15.1 Å². The molecule has 1 heterocycles. The quantitative estimate of drug-likeness (QED) is 0.796. The molecule has 0 saturated carbocycles. The molecule has 14 heavy (non-hydrogen) atoms. The number of rotatable bonds is 3. The first-order chi connectivity index (χ1) is 6.60. The zero-order valence-electron chi connectivity index (χ0n) is 8.09. The second-order valence-electron chi connectivity index (χ2n) is 3.15. The Morgan fingerprint density at radius 1 is 1.71 bits per heavy atom. The molecule has 1 aromatic heterocycles. The van der Waals surface area contributed by atoms with Crippen molar-refractivity contribution in [3.05, 3.63) is 16.4 Å². The lowest BCUT2D eigenvalue weighted by atomic mass is 10.1. The van der Waals surface area contributed by atoms with E-state index in [1.165, 1.54) is 0 Å². The highest BCUT2D eigenvalue weighted by atomic mass is 79.9. The van der Waals surface area contributed by atoms with Crippen LogP contribution in [0.15, 0.2) is 0 Å². The summed E-state index contributed by atoms with van der Waals surface area (Å²) in [5, 5.41) is 14.3. The van der Waals surface area contributed by atoms with Gasteiger partial charge in [-0.15, -0.1) is 0 Å². The van der Waals surface area contributed by atoms with Crippen molar-refractivity contribution in [2.45, 2.75) is 13.3 Å². The van der Waals surface area contributed by atoms with Crippen LogP contribution in [0.4, 0.5) is 0 Å². The van der Waals surface area contributed by atoms with Crippen molar-refractivity contribution in [2.75, 3.05) is 5.33 Å². The summed E-state index contributed by atoms with van der Waals surface area (Å²) in [6.45, 7) is 1.86. The Balaban J connectivity index is 2.91. The fourth-order valence-electron chi connectivity index (χ4n) is 1.27. The van der Waals surface area contributed by atoms with E-state index < -0.39 is 0 Å². The number of hydrogen-bond acceptors (Lipinski definition) is 2. The molecule has 0 bridgehead atoms.